The Bertz CT molecular complexity index is 349. The Balaban J connectivity index is 2.63. The van der Waals surface area contributed by atoms with Crippen LogP contribution < -0.4 is 0 Å². The minimum absolute atomic E-state index is 0.0676. The molecule has 0 unspecified atom stereocenters. The Hall–Kier alpha value is -0.890. The van der Waals surface area contributed by atoms with Gasteiger partial charge < -0.3 is 0 Å². The van der Waals surface area contributed by atoms with Crippen LogP contribution in [0.5, 0.6) is 0 Å². The van der Waals surface area contributed by atoms with Gasteiger partial charge in [0.15, 0.2) is 0 Å². The molecule has 1 rings (SSSR count). The molecule has 0 fully saturated rings. The summed E-state index contributed by atoms with van der Waals surface area (Å²) in [6.07, 6.45) is 2.50. The van der Waals surface area contributed by atoms with Crippen molar-refractivity contribution in [3.8, 4) is 0 Å². The van der Waals surface area contributed by atoms with E-state index in [2.05, 4.69) is 0 Å². The van der Waals surface area contributed by atoms with E-state index in [0.717, 1.165) is 12.8 Å². The van der Waals surface area contributed by atoms with Gasteiger partial charge in [-0.2, -0.15) is 0 Å². The lowest BCUT2D eigenvalue weighted by Gasteiger charge is -2.02. The maximum absolute atomic E-state index is 13.2. The standard InChI is InChI=1S/C12H14ClFO/c1-2-3-4-11(15)8-9-7-10(13)5-6-12(9)14/h5-7H,2-4,8H2,1H3. The molecule has 0 saturated heterocycles. The molecule has 0 N–H and O–H groups in total. The second-order valence-corrected chi connectivity index (χ2v) is 3.99. The molecule has 0 spiro atoms. The number of rotatable bonds is 5. The van der Waals surface area contributed by atoms with E-state index in [9.17, 15) is 9.18 Å². The number of hydrogen-bond donors (Lipinski definition) is 0. The summed E-state index contributed by atoms with van der Waals surface area (Å²) in [5, 5.41) is 0.467. The third-order valence-corrected chi connectivity index (χ3v) is 2.44. The summed E-state index contributed by atoms with van der Waals surface area (Å²) in [6, 6.07) is 4.29. The predicted octanol–water partition coefficient (Wildman–Crippen LogP) is 3.78. The van der Waals surface area contributed by atoms with E-state index in [4.69, 9.17) is 11.6 Å². The first-order valence-electron chi connectivity index (χ1n) is 5.09. The van der Waals surface area contributed by atoms with Crippen LogP contribution in [0, 0.1) is 5.82 Å². The van der Waals surface area contributed by atoms with Crippen molar-refractivity contribution in [2.75, 3.05) is 0 Å². The molecule has 0 aromatic heterocycles. The molecule has 3 heteroatoms. The van der Waals surface area contributed by atoms with E-state index in [1.165, 1.54) is 18.2 Å². The molecule has 0 aliphatic heterocycles. The van der Waals surface area contributed by atoms with Crippen molar-refractivity contribution in [2.45, 2.75) is 32.6 Å². The molecule has 15 heavy (non-hydrogen) atoms. The summed E-state index contributed by atoms with van der Waals surface area (Å²) >= 11 is 5.73. The van der Waals surface area contributed by atoms with Gasteiger partial charge in [0.05, 0.1) is 0 Å². The quantitative estimate of drug-likeness (QED) is 0.750. The summed E-state index contributed by atoms with van der Waals surface area (Å²) in [5.74, 6) is -0.290. The highest BCUT2D eigenvalue weighted by molar-refractivity contribution is 6.30. The van der Waals surface area contributed by atoms with E-state index in [0.29, 0.717) is 17.0 Å². The highest BCUT2D eigenvalue weighted by Crippen LogP contribution is 2.16. The number of ketones is 1. The van der Waals surface area contributed by atoms with Crippen LogP contribution >= 0.6 is 11.6 Å². The van der Waals surface area contributed by atoms with Crippen molar-refractivity contribution in [1.82, 2.24) is 0 Å². The molecule has 0 heterocycles. The number of unbranched alkanes of at least 4 members (excludes halogenated alkanes) is 1. The van der Waals surface area contributed by atoms with Gasteiger partial charge in [-0.05, 0) is 30.2 Å². The first-order chi connectivity index (χ1) is 7.13. The van der Waals surface area contributed by atoms with E-state index in [1.54, 1.807) is 0 Å². The Morgan fingerprint density at radius 3 is 2.87 bits per heavy atom. The zero-order valence-corrected chi connectivity index (χ0v) is 9.48. The lowest BCUT2D eigenvalue weighted by atomic mass is 10.0. The largest absolute Gasteiger partial charge is 0.299 e. The predicted molar refractivity (Wildman–Crippen MR) is 59.6 cm³/mol. The minimum Gasteiger partial charge on any atom is -0.299 e. The van der Waals surface area contributed by atoms with Gasteiger partial charge in [0.2, 0.25) is 0 Å². The molecule has 1 aromatic carbocycles. The van der Waals surface area contributed by atoms with Gasteiger partial charge in [0.25, 0.3) is 0 Å². The van der Waals surface area contributed by atoms with Crippen LogP contribution in [0.4, 0.5) is 4.39 Å². The SMILES string of the molecule is CCCCC(=O)Cc1cc(Cl)ccc1F. The number of carbonyl (C=O) groups is 1. The second-order valence-electron chi connectivity index (χ2n) is 3.55. The van der Waals surface area contributed by atoms with Gasteiger partial charge >= 0.3 is 0 Å². The number of Topliss-reactive ketones (excluding diaryl/α,β-unsaturated/α-hetero) is 1. The zero-order valence-electron chi connectivity index (χ0n) is 8.72. The van der Waals surface area contributed by atoms with Crippen LogP contribution in [0.15, 0.2) is 18.2 Å². The molecule has 0 aliphatic rings. The molecular weight excluding hydrogens is 215 g/mol. The van der Waals surface area contributed by atoms with Crippen LogP contribution in [-0.4, -0.2) is 5.78 Å². The zero-order chi connectivity index (χ0) is 11.3. The van der Waals surface area contributed by atoms with Crippen LogP contribution in [-0.2, 0) is 11.2 Å². The summed E-state index contributed by atoms with van der Waals surface area (Å²) < 4.78 is 13.2. The molecular formula is C12H14ClFO. The first-order valence-corrected chi connectivity index (χ1v) is 5.47. The Morgan fingerprint density at radius 2 is 2.20 bits per heavy atom. The van der Waals surface area contributed by atoms with E-state index >= 15 is 0 Å². The number of carbonyl (C=O) groups excluding carboxylic acids is 1. The highest BCUT2D eigenvalue weighted by atomic mass is 35.5. The first kappa shape index (κ1) is 12.2. The monoisotopic (exact) mass is 228 g/mol. The maximum atomic E-state index is 13.2. The molecule has 1 aromatic rings. The van der Waals surface area contributed by atoms with Crippen molar-refractivity contribution in [2.24, 2.45) is 0 Å². The lowest BCUT2D eigenvalue weighted by Crippen LogP contribution is -2.04. The summed E-state index contributed by atoms with van der Waals surface area (Å²) in [7, 11) is 0. The fourth-order valence-electron chi connectivity index (χ4n) is 1.35. The number of hydrogen-bond acceptors (Lipinski definition) is 1. The molecule has 82 valence electrons. The molecule has 0 atom stereocenters. The van der Waals surface area contributed by atoms with E-state index in [1.807, 2.05) is 6.92 Å². The van der Waals surface area contributed by atoms with Gasteiger partial charge in [-0.25, -0.2) is 4.39 Å². The normalized spacial score (nSPS) is 10.3. The fourth-order valence-corrected chi connectivity index (χ4v) is 1.55. The van der Waals surface area contributed by atoms with Crippen molar-refractivity contribution < 1.29 is 9.18 Å². The Morgan fingerprint density at radius 1 is 1.47 bits per heavy atom. The summed E-state index contributed by atoms with van der Waals surface area (Å²) in [5.41, 5.74) is 0.392. The topological polar surface area (TPSA) is 17.1 Å². The highest BCUT2D eigenvalue weighted by Gasteiger charge is 2.08. The van der Waals surface area contributed by atoms with Crippen LogP contribution in [0.3, 0.4) is 0 Å². The Kier molecular flexibility index (Phi) is 4.76. The van der Waals surface area contributed by atoms with Gasteiger partial charge in [-0.3, -0.25) is 4.79 Å². The lowest BCUT2D eigenvalue weighted by molar-refractivity contribution is -0.118. The molecule has 0 bridgehead atoms. The molecule has 0 saturated carbocycles. The maximum Gasteiger partial charge on any atom is 0.137 e. The van der Waals surface area contributed by atoms with Crippen LogP contribution in [0.2, 0.25) is 5.02 Å². The molecule has 1 nitrogen and oxygen atoms in total. The third kappa shape index (κ3) is 4.00. The van der Waals surface area contributed by atoms with Gasteiger partial charge in [0.1, 0.15) is 11.6 Å². The van der Waals surface area contributed by atoms with E-state index < -0.39 is 0 Å². The molecule has 0 amide bonds. The summed E-state index contributed by atoms with van der Waals surface area (Å²) in [4.78, 5) is 11.4. The van der Waals surface area contributed by atoms with Crippen molar-refractivity contribution in [1.29, 1.82) is 0 Å². The van der Waals surface area contributed by atoms with Gasteiger partial charge in [0, 0.05) is 17.9 Å². The van der Waals surface area contributed by atoms with E-state index in [-0.39, 0.29) is 18.0 Å². The van der Waals surface area contributed by atoms with Crippen molar-refractivity contribution in [3.63, 3.8) is 0 Å². The average Bonchev–Trinajstić information content (AvgIpc) is 2.20. The smallest absolute Gasteiger partial charge is 0.137 e. The Labute approximate surface area is 94.3 Å². The van der Waals surface area contributed by atoms with Crippen LogP contribution in [0.1, 0.15) is 31.7 Å². The third-order valence-electron chi connectivity index (χ3n) is 2.20. The van der Waals surface area contributed by atoms with Gasteiger partial charge in [-0.1, -0.05) is 24.9 Å². The average molecular weight is 229 g/mol. The second kappa shape index (κ2) is 5.86. The van der Waals surface area contributed by atoms with Gasteiger partial charge in [-0.15, -0.1) is 0 Å². The van der Waals surface area contributed by atoms with Crippen molar-refractivity contribution >= 4 is 17.4 Å². The minimum atomic E-state index is -0.357. The summed E-state index contributed by atoms with van der Waals surface area (Å²) in [6.45, 7) is 2.02. The molecule has 0 aliphatic carbocycles. The number of halogens is 2. The fraction of sp³-hybridized carbons (Fsp3) is 0.417. The number of benzene rings is 1. The van der Waals surface area contributed by atoms with Crippen LogP contribution in [0.25, 0.3) is 0 Å². The van der Waals surface area contributed by atoms with Crippen molar-refractivity contribution in [3.05, 3.63) is 34.6 Å². The molecule has 0 radical (unpaired) electrons.